The lowest BCUT2D eigenvalue weighted by Crippen LogP contribution is -2.45. The molecule has 0 bridgehead atoms. The molecule has 1 atom stereocenters. The maximum absolute atomic E-state index is 11.1. The van der Waals surface area contributed by atoms with Gasteiger partial charge in [-0.25, -0.2) is 0 Å². The first-order valence-corrected chi connectivity index (χ1v) is 9.98. The summed E-state index contributed by atoms with van der Waals surface area (Å²) in [4.78, 5) is 13.1. The number of ether oxygens (including phenoxy) is 2. The topological polar surface area (TPSA) is 59.0 Å². The number of hydrogen-bond donors (Lipinski definition) is 1. The summed E-state index contributed by atoms with van der Waals surface area (Å²) in [7, 11) is 0. The maximum atomic E-state index is 11.1. The highest BCUT2D eigenvalue weighted by Gasteiger charge is 2.26. The SMILES string of the molecule is CCOc1ccc(-c2ccccc2COC2CCN(C(C)C(=O)O)CC2)cc1. The molecule has 28 heavy (non-hydrogen) atoms. The van der Waals surface area contributed by atoms with Crippen molar-refractivity contribution in [3.8, 4) is 16.9 Å². The van der Waals surface area contributed by atoms with Crippen LogP contribution >= 0.6 is 0 Å². The van der Waals surface area contributed by atoms with E-state index >= 15 is 0 Å². The monoisotopic (exact) mass is 383 g/mol. The van der Waals surface area contributed by atoms with Gasteiger partial charge >= 0.3 is 5.97 Å². The first-order valence-electron chi connectivity index (χ1n) is 9.98. The molecule has 1 fully saturated rings. The van der Waals surface area contributed by atoms with Crippen LogP contribution in [0.4, 0.5) is 0 Å². The minimum Gasteiger partial charge on any atom is -0.494 e. The minimum absolute atomic E-state index is 0.172. The number of aliphatic carboxylic acids is 1. The van der Waals surface area contributed by atoms with Crippen LogP contribution in [0.5, 0.6) is 5.75 Å². The number of nitrogens with zero attached hydrogens (tertiary/aromatic N) is 1. The number of hydrogen-bond acceptors (Lipinski definition) is 4. The van der Waals surface area contributed by atoms with Gasteiger partial charge in [0.2, 0.25) is 0 Å². The van der Waals surface area contributed by atoms with E-state index in [1.54, 1.807) is 6.92 Å². The molecule has 3 rings (SSSR count). The average molecular weight is 383 g/mol. The van der Waals surface area contributed by atoms with Crippen LogP contribution in [0.1, 0.15) is 32.3 Å². The Morgan fingerprint density at radius 1 is 1.14 bits per heavy atom. The van der Waals surface area contributed by atoms with Gasteiger partial charge in [-0.15, -0.1) is 0 Å². The molecule has 0 radical (unpaired) electrons. The van der Waals surface area contributed by atoms with Crippen molar-refractivity contribution in [3.63, 3.8) is 0 Å². The Kier molecular flexibility index (Phi) is 7.06. The number of carboxylic acids is 1. The van der Waals surface area contributed by atoms with E-state index in [1.807, 2.05) is 36.1 Å². The maximum Gasteiger partial charge on any atom is 0.320 e. The third-order valence-corrected chi connectivity index (χ3v) is 5.35. The number of piperidine rings is 1. The summed E-state index contributed by atoms with van der Waals surface area (Å²) in [6.07, 6.45) is 1.90. The molecule has 1 saturated heterocycles. The molecule has 1 N–H and O–H groups in total. The van der Waals surface area contributed by atoms with Gasteiger partial charge in [0.25, 0.3) is 0 Å². The summed E-state index contributed by atoms with van der Waals surface area (Å²) < 4.78 is 11.7. The summed E-state index contributed by atoms with van der Waals surface area (Å²) in [5, 5.41) is 9.16. The molecular formula is C23H29NO4. The van der Waals surface area contributed by atoms with E-state index in [0.29, 0.717) is 13.2 Å². The van der Waals surface area contributed by atoms with Gasteiger partial charge in [-0.3, -0.25) is 9.69 Å². The highest BCUT2D eigenvalue weighted by molar-refractivity contribution is 5.72. The molecule has 1 aliphatic heterocycles. The Morgan fingerprint density at radius 2 is 1.82 bits per heavy atom. The molecule has 2 aromatic carbocycles. The standard InChI is InChI=1S/C23H29NO4/c1-3-27-20-10-8-18(9-11-20)22-7-5-4-6-19(22)16-28-21-12-14-24(15-13-21)17(2)23(25)26/h4-11,17,21H,3,12-16H2,1-2H3,(H,25,26). The third-order valence-electron chi connectivity index (χ3n) is 5.35. The van der Waals surface area contributed by atoms with Crippen molar-refractivity contribution in [1.82, 2.24) is 4.90 Å². The molecule has 5 nitrogen and oxygen atoms in total. The van der Waals surface area contributed by atoms with E-state index in [4.69, 9.17) is 14.6 Å². The van der Waals surface area contributed by atoms with E-state index in [2.05, 4.69) is 24.3 Å². The molecule has 0 aliphatic carbocycles. The predicted octanol–water partition coefficient (Wildman–Crippen LogP) is 4.21. The largest absolute Gasteiger partial charge is 0.494 e. The highest BCUT2D eigenvalue weighted by Crippen LogP contribution is 2.27. The van der Waals surface area contributed by atoms with Crippen molar-refractivity contribution in [3.05, 3.63) is 54.1 Å². The third kappa shape index (κ3) is 5.12. The van der Waals surface area contributed by atoms with E-state index in [9.17, 15) is 4.79 Å². The molecule has 0 aromatic heterocycles. The number of carbonyl (C=O) groups is 1. The lowest BCUT2D eigenvalue weighted by molar-refractivity contribution is -0.143. The van der Waals surface area contributed by atoms with Gasteiger partial charge in [0, 0.05) is 13.1 Å². The molecule has 0 saturated carbocycles. The molecule has 0 spiro atoms. The molecule has 0 amide bonds. The summed E-state index contributed by atoms with van der Waals surface area (Å²) in [6, 6.07) is 16.0. The van der Waals surface area contributed by atoms with Gasteiger partial charge in [-0.1, -0.05) is 36.4 Å². The van der Waals surface area contributed by atoms with Gasteiger partial charge in [0.15, 0.2) is 0 Å². The lowest BCUT2D eigenvalue weighted by Gasteiger charge is -2.34. The van der Waals surface area contributed by atoms with Crippen LogP contribution in [0.3, 0.4) is 0 Å². The second kappa shape index (κ2) is 9.71. The van der Waals surface area contributed by atoms with E-state index < -0.39 is 12.0 Å². The van der Waals surface area contributed by atoms with Crippen LogP contribution in [-0.2, 0) is 16.1 Å². The summed E-state index contributed by atoms with van der Waals surface area (Å²) in [6.45, 7) is 6.47. The van der Waals surface area contributed by atoms with Crippen LogP contribution in [0.15, 0.2) is 48.5 Å². The first kappa shape index (κ1) is 20.4. The van der Waals surface area contributed by atoms with Gasteiger partial charge in [0.1, 0.15) is 11.8 Å². The fourth-order valence-corrected chi connectivity index (χ4v) is 3.62. The van der Waals surface area contributed by atoms with E-state index in [-0.39, 0.29) is 6.10 Å². The van der Waals surface area contributed by atoms with Crippen LogP contribution < -0.4 is 4.74 Å². The molecule has 5 heteroatoms. The van der Waals surface area contributed by atoms with Gasteiger partial charge < -0.3 is 14.6 Å². The Morgan fingerprint density at radius 3 is 2.46 bits per heavy atom. The van der Waals surface area contributed by atoms with Crippen molar-refractivity contribution < 1.29 is 19.4 Å². The van der Waals surface area contributed by atoms with Crippen molar-refractivity contribution in [1.29, 1.82) is 0 Å². The van der Waals surface area contributed by atoms with Crippen LogP contribution in [0.25, 0.3) is 11.1 Å². The number of benzene rings is 2. The van der Waals surface area contributed by atoms with Gasteiger partial charge in [-0.2, -0.15) is 0 Å². The predicted molar refractivity (Wildman–Crippen MR) is 110 cm³/mol. The Labute approximate surface area is 166 Å². The lowest BCUT2D eigenvalue weighted by atomic mass is 10.00. The van der Waals surface area contributed by atoms with Crippen molar-refractivity contribution in [2.45, 2.75) is 45.4 Å². The second-order valence-electron chi connectivity index (χ2n) is 7.18. The number of likely N-dealkylation sites (tertiary alicyclic amines) is 1. The fourth-order valence-electron chi connectivity index (χ4n) is 3.62. The Balaban J connectivity index is 1.59. The van der Waals surface area contributed by atoms with Gasteiger partial charge in [-0.05, 0) is 55.5 Å². The minimum atomic E-state index is -0.761. The fraction of sp³-hybridized carbons (Fsp3) is 0.435. The van der Waals surface area contributed by atoms with Crippen LogP contribution in [0, 0.1) is 0 Å². The summed E-state index contributed by atoms with van der Waals surface area (Å²) in [5.74, 6) is 0.117. The molecule has 1 unspecified atom stereocenters. The average Bonchev–Trinajstić information content (AvgIpc) is 2.73. The zero-order valence-electron chi connectivity index (χ0n) is 16.6. The van der Waals surface area contributed by atoms with E-state index in [0.717, 1.165) is 42.8 Å². The van der Waals surface area contributed by atoms with Crippen molar-refractivity contribution in [2.75, 3.05) is 19.7 Å². The molecular weight excluding hydrogens is 354 g/mol. The Hall–Kier alpha value is -2.37. The van der Waals surface area contributed by atoms with E-state index in [1.165, 1.54) is 5.56 Å². The van der Waals surface area contributed by atoms with Crippen LogP contribution in [0.2, 0.25) is 0 Å². The normalized spacial score (nSPS) is 16.6. The van der Waals surface area contributed by atoms with Crippen LogP contribution in [-0.4, -0.2) is 47.8 Å². The second-order valence-corrected chi connectivity index (χ2v) is 7.18. The highest BCUT2D eigenvalue weighted by atomic mass is 16.5. The molecule has 1 aliphatic rings. The number of rotatable bonds is 8. The zero-order chi connectivity index (χ0) is 19.9. The van der Waals surface area contributed by atoms with Gasteiger partial charge in [0.05, 0.1) is 19.3 Å². The Bertz CT molecular complexity index is 766. The van der Waals surface area contributed by atoms with Crippen molar-refractivity contribution >= 4 is 5.97 Å². The molecule has 1 heterocycles. The number of carboxylic acid groups (broad SMARTS) is 1. The zero-order valence-corrected chi connectivity index (χ0v) is 16.6. The smallest absolute Gasteiger partial charge is 0.320 e. The summed E-state index contributed by atoms with van der Waals surface area (Å²) in [5.41, 5.74) is 3.48. The molecule has 2 aromatic rings. The molecule has 150 valence electrons. The quantitative estimate of drug-likeness (QED) is 0.740. The first-order chi connectivity index (χ1) is 13.6. The summed E-state index contributed by atoms with van der Waals surface area (Å²) >= 11 is 0. The van der Waals surface area contributed by atoms with Crippen molar-refractivity contribution in [2.24, 2.45) is 0 Å².